The van der Waals surface area contributed by atoms with E-state index >= 15 is 0 Å². The molecule has 1 saturated heterocycles. The Balaban J connectivity index is 1.81. The number of likely N-dealkylation sites (tertiary alicyclic amines) is 1. The predicted molar refractivity (Wildman–Crippen MR) is 95.6 cm³/mol. The molecule has 116 valence electrons. The van der Waals surface area contributed by atoms with Gasteiger partial charge in [-0.2, -0.15) is 0 Å². The van der Waals surface area contributed by atoms with Gasteiger partial charge in [-0.25, -0.2) is 0 Å². The molecule has 2 rings (SSSR count). The summed E-state index contributed by atoms with van der Waals surface area (Å²) in [6.45, 7) is 10.7. The first-order valence-electron chi connectivity index (χ1n) is 7.72. The Hall–Kier alpha value is -0.620. The number of carbonyl (C=O) groups excluding carboxylic acids is 1. The Morgan fingerprint density at radius 3 is 2.62 bits per heavy atom. The zero-order valence-electron chi connectivity index (χ0n) is 13.2. The first-order chi connectivity index (χ1) is 9.95. The predicted octanol–water partition coefficient (Wildman–Crippen LogP) is 3.31. The van der Waals surface area contributed by atoms with Gasteiger partial charge in [0.05, 0.1) is 5.56 Å². The summed E-state index contributed by atoms with van der Waals surface area (Å²) in [5.41, 5.74) is 1.97. The van der Waals surface area contributed by atoms with Gasteiger partial charge in [0.15, 0.2) is 0 Å². The Morgan fingerprint density at radius 2 is 2.00 bits per heavy atom. The first-order valence-corrected chi connectivity index (χ1v) is 8.80. The summed E-state index contributed by atoms with van der Waals surface area (Å²) in [6, 6.07) is 5.95. The topological polar surface area (TPSA) is 32.3 Å². The van der Waals surface area contributed by atoms with Crippen molar-refractivity contribution in [3.8, 4) is 0 Å². The van der Waals surface area contributed by atoms with E-state index in [-0.39, 0.29) is 5.91 Å². The normalized spacial score (nSPS) is 23.0. The second-order valence-electron chi connectivity index (χ2n) is 6.44. The Bertz CT molecular complexity index is 494. The average molecular weight is 400 g/mol. The van der Waals surface area contributed by atoms with E-state index in [1.165, 1.54) is 12.0 Å². The number of piperidine rings is 1. The van der Waals surface area contributed by atoms with Crippen LogP contribution in [-0.2, 0) is 0 Å². The number of halogens is 1. The van der Waals surface area contributed by atoms with Crippen LogP contribution in [-0.4, -0.2) is 37.0 Å². The minimum atomic E-state index is 0.0394. The maximum Gasteiger partial charge on any atom is 0.252 e. The van der Waals surface area contributed by atoms with Crippen molar-refractivity contribution < 1.29 is 4.79 Å². The third-order valence-electron chi connectivity index (χ3n) is 4.03. The molecule has 1 aromatic carbocycles. The summed E-state index contributed by atoms with van der Waals surface area (Å²) in [7, 11) is 0. The lowest BCUT2D eigenvalue weighted by Crippen LogP contribution is -2.42. The van der Waals surface area contributed by atoms with E-state index in [9.17, 15) is 4.79 Å². The molecule has 0 bridgehead atoms. The summed E-state index contributed by atoms with van der Waals surface area (Å²) < 4.78 is 1.02. The smallest absolute Gasteiger partial charge is 0.252 e. The summed E-state index contributed by atoms with van der Waals surface area (Å²) in [5.74, 6) is 1.57. The number of nitrogens with one attached hydrogen (secondary N) is 1. The fourth-order valence-corrected chi connectivity index (χ4v) is 4.12. The molecule has 1 fully saturated rings. The highest BCUT2D eigenvalue weighted by atomic mass is 127. The van der Waals surface area contributed by atoms with Gasteiger partial charge in [-0.05, 0) is 59.9 Å². The lowest BCUT2D eigenvalue weighted by molar-refractivity contribution is 0.0936. The van der Waals surface area contributed by atoms with E-state index in [1.54, 1.807) is 0 Å². The lowest BCUT2D eigenvalue weighted by Gasteiger charge is -2.34. The molecular formula is C17H25IN2O. The summed E-state index contributed by atoms with van der Waals surface area (Å²) >= 11 is 2.23. The van der Waals surface area contributed by atoms with E-state index in [2.05, 4.69) is 46.7 Å². The number of amides is 1. The highest BCUT2D eigenvalue weighted by Crippen LogP contribution is 2.20. The molecule has 21 heavy (non-hydrogen) atoms. The van der Waals surface area contributed by atoms with Crippen LogP contribution in [0.25, 0.3) is 0 Å². The molecule has 0 saturated carbocycles. The van der Waals surface area contributed by atoms with Crippen molar-refractivity contribution in [3.63, 3.8) is 0 Å². The van der Waals surface area contributed by atoms with Crippen LogP contribution < -0.4 is 5.32 Å². The molecule has 4 heteroatoms. The molecule has 0 unspecified atom stereocenters. The fourth-order valence-electron chi connectivity index (χ4n) is 3.20. The van der Waals surface area contributed by atoms with Crippen molar-refractivity contribution >= 4 is 28.5 Å². The minimum absolute atomic E-state index is 0.0394. The van der Waals surface area contributed by atoms with Gasteiger partial charge in [0, 0.05) is 29.7 Å². The maximum atomic E-state index is 12.2. The van der Waals surface area contributed by atoms with E-state index in [1.807, 2.05) is 25.1 Å². The highest BCUT2D eigenvalue weighted by molar-refractivity contribution is 14.1. The molecule has 1 aromatic rings. The highest BCUT2D eigenvalue weighted by Gasteiger charge is 2.21. The fraction of sp³-hybridized carbons (Fsp3) is 0.588. The van der Waals surface area contributed by atoms with Crippen LogP contribution in [0.15, 0.2) is 18.2 Å². The van der Waals surface area contributed by atoms with E-state index in [0.717, 1.165) is 47.1 Å². The van der Waals surface area contributed by atoms with Gasteiger partial charge in [-0.1, -0.05) is 25.5 Å². The van der Waals surface area contributed by atoms with Crippen LogP contribution in [0.5, 0.6) is 0 Å². The second kappa shape index (κ2) is 7.58. The number of benzene rings is 1. The van der Waals surface area contributed by atoms with Crippen molar-refractivity contribution in [3.05, 3.63) is 32.9 Å². The molecular weight excluding hydrogens is 375 g/mol. The summed E-state index contributed by atoms with van der Waals surface area (Å²) in [5, 5.41) is 3.05. The second-order valence-corrected chi connectivity index (χ2v) is 7.61. The maximum absolute atomic E-state index is 12.2. The number of carbonyl (C=O) groups is 1. The van der Waals surface area contributed by atoms with Crippen molar-refractivity contribution in [1.29, 1.82) is 0 Å². The molecule has 0 aromatic heterocycles. The monoisotopic (exact) mass is 400 g/mol. The summed E-state index contributed by atoms with van der Waals surface area (Å²) in [4.78, 5) is 14.7. The SMILES string of the molecule is Cc1ccc(C(=O)NCCN2C[C@H](C)C[C@H](C)C2)c(I)c1. The zero-order chi connectivity index (χ0) is 15.4. The van der Waals surface area contributed by atoms with Gasteiger partial charge in [-0.3, -0.25) is 4.79 Å². The molecule has 0 radical (unpaired) electrons. The third kappa shape index (κ3) is 4.95. The van der Waals surface area contributed by atoms with Gasteiger partial charge in [0.1, 0.15) is 0 Å². The van der Waals surface area contributed by atoms with E-state index in [4.69, 9.17) is 0 Å². The van der Waals surface area contributed by atoms with E-state index in [0.29, 0.717) is 0 Å². The third-order valence-corrected chi connectivity index (χ3v) is 4.92. The van der Waals surface area contributed by atoms with Crippen LogP contribution in [0.3, 0.4) is 0 Å². The van der Waals surface area contributed by atoms with Crippen LogP contribution in [0, 0.1) is 22.3 Å². The van der Waals surface area contributed by atoms with Gasteiger partial charge in [-0.15, -0.1) is 0 Å². The molecule has 1 N–H and O–H groups in total. The van der Waals surface area contributed by atoms with Crippen LogP contribution in [0.2, 0.25) is 0 Å². The lowest BCUT2D eigenvalue weighted by atomic mass is 9.92. The number of hydrogen-bond donors (Lipinski definition) is 1. The van der Waals surface area contributed by atoms with Crippen LogP contribution in [0.1, 0.15) is 36.2 Å². The molecule has 1 aliphatic rings. The van der Waals surface area contributed by atoms with Crippen LogP contribution in [0.4, 0.5) is 0 Å². The van der Waals surface area contributed by atoms with Crippen molar-refractivity contribution in [2.45, 2.75) is 27.2 Å². The van der Waals surface area contributed by atoms with Gasteiger partial charge in [0.25, 0.3) is 5.91 Å². The van der Waals surface area contributed by atoms with Crippen LogP contribution >= 0.6 is 22.6 Å². The number of hydrogen-bond acceptors (Lipinski definition) is 2. The minimum Gasteiger partial charge on any atom is -0.351 e. The Kier molecular flexibility index (Phi) is 6.05. The Labute approximate surface area is 141 Å². The average Bonchev–Trinajstić information content (AvgIpc) is 2.37. The number of nitrogens with zero attached hydrogens (tertiary/aromatic N) is 1. The standard InChI is InChI=1S/C17H25IN2O/c1-12-4-5-15(16(18)9-12)17(21)19-6-7-20-10-13(2)8-14(3)11-20/h4-5,9,13-14H,6-8,10-11H2,1-3H3,(H,19,21)/t13-,14+. The van der Waals surface area contributed by atoms with Crippen molar-refractivity contribution in [1.82, 2.24) is 10.2 Å². The largest absolute Gasteiger partial charge is 0.351 e. The number of aryl methyl sites for hydroxylation is 1. The van der Waals surface area contributed by atoms with E-state index < -0.39 is 0 Å². The molecule has 0 aliphatic carbocycles. The molecule has 1 aliphatic heterocycles. The molecule has 0 spiro atoms. The van der Waals surface area contributed by atoms with Gasteiger partial charge >= 0.3 is 0 Å². The molecule has 2 atom stereocenters. The quantitative estimate of drug-likeness (QED) is 0.787. The zero-order valence-corrected chi connectivity index (χ0v) is 15.3. The van der Waals surface area contributed by atoms with Crippen molar-refractivity contribution in [2.24, 2.45) is 11.8 Å². The molecule has 1 amide bonds. The molecule has 1 heterocycles. The van der Waals surface area contributed by atoms with Crippen molar-refractivity contribution in [2.75, 3.05) is 26.2 Å². The Morgan fingerprint density at radius 1 is 1.33 bits per heavy atom. The van der Waals surface area contributed by atoms with Gasteiger partial charge < -0.3 is 10.2 Å². The first kappa shape index (κ1) is 16.7. The van der Waals surface area contributed by atoms with Gasteiger partial charge in [0.2, 0.25) is 0 Å². The number of rotatable bonds is 4. The summed E-state index contributed by atoms with van der Waals surface area (Å²) in [6.07, 6.45) is 1.32. The molecule has 3 nitrogen and oxygen atoms in total.